The summed E-state index contributed by atoms with van der Waals surface area (Å²) in [6, 6.07) is 0. The first-order valence-corrected chi connectivity index (χ1v) is 7.20. The van der Waals surface area contributed by atoms with Crippen LogP contribution in [0, 0.1) is 5.41 Å². The second-order valence-electron chi connectivity index (χ2n) is 5.60. The van der Waals surface area contributed by atoms with Gasteiger partial charge >= 0.3 is 0 Å². The molecule has 0 saturated carbocycles. The number of nitrogens with zero attached hydrogens (tertiary/aromatic N) is 2. The molecule has 4 heteroatoms. The van der Waals surface area contributed by atoms with Crippen molar-refractivity contribution in [1.29, 1.82) is 0 Å². The molecule has 1 spiro atoms. The summed E-state index contributed by atoms with van der Waals surface area (Å²) in [5.74, 6) is 0.162. The number of hydrogen-bond donors (Lipinski definition) is 0. The summed E-state index contributed by atoms with van der Waals surface area (Å²) in [4.78, 5) is 28.4. The van der Waals surface area contributed by atoms with Crippen molar-refractivity contribution in [3.8, 4) is 0 Å². The molecule has 0 aromatic carbocycles. The predicted molar refractivity (Wildman–Crippen MR) is 70.0 cm³/mol. The fourth-order valence-corrected chi connectivity index (χ4v) is 3.09. The van der Waals surface area contributed by atoms with Crippen molar-refractivity contribution < 1.29 is 9.59 Å². The third kappa shape index (κ3) is 2.30. The third-order valence-electron chi connectivity index (χ3n) is 4.49. The van der Waals surface area contributed by atoms with E-state index in [1.807, 2.05) is 0 Å². The molecule has 0 radical (unpaired) electrons. The molecule has 2 fully saturated rings. The average Bonchev–Trinajstić information content (AvgIpc) is 2.60. The first-order chi connectivity index (χ1) is 8.63. The lowest BCUT2D eigenvalue weighted by Crippen LogP contribution is -2.44. The molecule has 0 aromatic heterocycles. The smallest absolute Gasteiger partial charge is 0.236 e. The van der Waals surface area contributed by atoms with E-state index in [9.17, 15) is 9.59 Å². The SMILES string of the molecule is CCCCN1C(=O)CC2(CCN(CC)CC2)C1=O. The Bertz CT molecular complexity index is 333. The van der Waals surface area contributed by atoms with Crippen LogP contribution in [0.4, 0.5) is 0 Å². The second-order valence-corrected chi connectivity index (χ2v) is 5.60. The van der Waals surface area contributed by atoms with Crippen LogP contribution in [0.2, 0.25) is 0 Å². The van der Waals surface area contributed by atoms with Crippen molar-refractivity contribution >= 4 is 11.8 Å². The molecule has 2 saturated heterocycles. The zero-order valence-electron chi connectivity index (χ0n) is 11.6. The Balaban J connectivity index is 2.03. The number of unbranched alkanes of at least 4 members (excludes halogenated alkanes) is 1. The van der Waals surface area contributed by atoms with Gasteiger partial charge in [-0.25, -0.2) is 0 Å². The van der Waals surface area contributed by atoms with Gasteiger partial charge in [0, 0.05) is 13.0 Å². The maximum Gasteiger partial charge on any atom is 0.236 e. The van der Waals surface area contributed by atoms with Crippen molar-refractivity contribution in [3.63, 3.8) is 0 Å². The number of hydrogen-bond acceptors (Lipinski definition) is 3. The van der Waals surface area contributed by atoms with Gasteiger partial charge in [0.05, 0.1) is 5.41 Å². The van der Waals surface area contributed by atoms with Crippen molar-refractivity contribution in [2.24, 2.45) is 5.41 Å². The maximum atomic E-state index is 12.5. The highest BCUT2D eigenvalue weighted by atomic mass is 16.2. The summed E-state index contributed by atoms with van der Waals surface area (Å²) in [6.07, 6.45) is 4.11. The van der Waals surface area contributed by atoms with Crippen molar-refractivity contribution in [2.75, 3.05) is 26.2 Å². The molecule has 0 aliphatic carbocycles. The molecule has 0 unspecified atom stereocenters. The molecule has 2 rings (SSSR count). The van der Waals surface area contributed by atoms with E-state index in [-0.39, 0.29) is 17.2 Å². The largest absolute Gasteiger partial charge is 0.304 e. The van der Waals surface area contributed by atoms with Crippen LogP contribution >= 0.6 is 0 Å². The molecule has 0 aromatic rings. The van der Waals surface area contributed by atoms with E-state index in [2.05, 4.69) is 18.7 Å². The monoisotopic (exact) mass is 252 g/mol. The van der Waals surface area contributed by atoms with E-state index in [0.717, 1.165) is 45.3 Å². The summed E-state index contributed by atoms with van der Waals surface area (Å²) in [6.45, 7) is 7.80. The van der Waals surface area contributed by atoms with Gasteiger partial charge in [0.1, 0.15) is 0 Å². The molecule has 0 atom stereocenters. The Hall–Kier alpha value is -0.900. The Morgan fingerprint density at radius 2 is 1.83 bits per heavy atom. The van der Waals surface area contributed by atoms with E-state index in [1.165, 1.54) is 4.90 Å². The highest BCUT2D eigenvalue weighted by molar-refractivity contribution is 6.05. The Morgan fingerprint density at radius 3 is 2.39 bits per heavy atom. The summed E-state index contributed by atoms with van der Waals surface area (Å²) in [7, 11) is 0. The first-order valence-electron chi connectivity index (χ1n) is 7.20. The minimum Gasteiger partial charge on any atom is -0.304 e. The van der Waals surface area contributed by atoms with E-state index in [1.54, 1.807) is 0 Å². The Kier molecular flexibility index (Phi) is 4.05. The topological polar surface area (TPSA) is 40.6 Å². The van der Waals surface area contributed by atoms with Crippen molar-refractivity contribution in [1.82, 2.24) is 9.80 Å². The molecule has 2 aliphatic rings. The lowest BCUT2D eigenvalue weighted by Gasteiger charge is -2.36. The maximum absolute atomic E-state index is 12.5. The van der Waals surface area contributed by atoms with Gasteiger partial charge in [0.15, 0.2) is 0 Å². The molecule has 102 valence electrons. The van der Waals surface area contributed by atoms with Gasteiger partial charge in [-0.05, 0) is 38.9 Å². The van der Waals surface area contributed by atoms with Crippen molar-refractivity contribution in [3.05, 3.63) is 0 Å². The lowest BCUT2D eigenvalue weighted by atomic mass is 9.77. The van der Waals surface area contributed by atoms with Gasteiger partial charge in [0.25, 0.3) is 0 Å². The van der Waals surface area contributed by atoms with Crippen molar-refractivity contribution in [2.45, 2.75) is 46.0 Å². The zero-order chi connectivity index (χ0) is 13.2. The molecular formula is C14H24N2O2. The molecule has 4 nitrogen and oxygen atoms in total. The highest BCUT2D eigenvalue weighted by Crippen LogP contribution is 2.42. The van der Waals surface area contributed by atoms with Crippen LogP contribution in [0.3, 0.4) is 0 Å². The first kappa shape index (κ1) is 13.5. The van der Waals surface area contributed by atoms with Gasteiger partial charge in [-0.1, -0.05) is 20.3 Å². The van der Waals surface area contributed by atoms with Crippen LogP contribution in [0.1, 0.15) is 46.0 Å². The average molecular weight is 252 g/mol. The van der Waals surface area contributed by atoms with Gasteiger partial charge < -0.3 is 4.90 Å². The highest BCUT2D eigenvalue weighted by Gasteiger charge is 2.51. The second kappa shape index (κ2) is 5.39. The van der Waals surface area contributed by atoms with Crippen LogP contribution in [-0.2, 0) is 9.59 Å². The Morgan fingerprint density at radius 1 is 1.17 bits per heavy atom. The number of rotatable bonds is 4. The van der Waals surface area contributed by atoms with Crippen LogP contribution in [0.25, 0.3) is 0 Å². The van der Waals surface area contributed by atoms with Gasteiger partial charge in [-0.3, -0.25) is 14.5 Å². The van der Waals surface area contributed by atoms with Crippen LogP contribution in [-0.4, -0.2) is 47.8 Å². The van der Waals surface area contributed by atoms with Crippen LogP contribution in [0.15, 0.2) is 0 Å². The zero-order valence-corrected chi connectivity index (χ0v) is 11.6. The number of imide groups is 1. The van der Waals surface area contributed by atoms with Crippen LogP contribution in [0.5, 0.6) is 0 Å². The normalized spacial score (nSPS) is 24.2. The molecule has 2 aliphatic heterocycles. The Labute approximate surface area is 109 Å². The minimum absolute atomic E-state index is 0.0541. The number of amides is 2. The van der Waals surface area contributed by atoms with E-state index in [0.29, 0.717) is 13.0 Å². The summed E-state index contributed by atoms with van der Waals surface area (Å²) < 4.78 is 0. The molecule has 2 amide bonds. The molecule has 18 heavy (non-hydrogen) atoms. The molecular weight excluding hydrogens is 228 g/mol. The number of carbonyl (C=O) groups excluding carboxylic acids is 2. The van der Waals surface area contributed by atoms with Gasteiger partial charge in [-0.15, -0.1) is 0 Å². The number of likely N-dealkylation sites (tertiary alicyclic amines) is 2. The quantitative estimate of drug-likeness (QED) is 0.714. The van der Waals surface area contributed by atoms with Gasteiger partial charge in [-0.2, -0.15) is 0 Å². The summed E-state index contributed by atoms with van der Waals surface area (Å²) in [5, 5.41) is 0. The van der Waals surface area contributed by atoms with E-state index >= 15 is 0 Å². The lowest BCUT2D eigenvalue weighted by molar-refractivity contribution is -0.142. The summed E-state index contributed by atoms with van der Waals surface area (Å²) in [5.41, 5.74) is -0.351. The minimum atomic E-state index is -0.351. The van der Waals surface area contributed by atoms with E-state index < -0.39 is 0 Å². The fourth-order valence-electron chi connectivity index (χ4n) is 3.09. The van der Waals surface area contributed by atoms with Crippen LogP contribution < -0.4 is 0 Å². The van der Waals surface area contributed by atoms with E-state index in [4.69, 9.17) is 0 Å². The summed E-state index contributed by atoms with van der Waals surface area (Å²) >= 11 is 0. The predicted octanol–water partition coefficient (Wildman–Crippen LogP) is 1.65. The molecule has 0 bridgehead atoms. The number of piperidine rings is 1. The third-order valence-corrected chi connectivity index (χ3v) is 4.49. The molecule has 0 N–H and O–H groups in total. The fraction of sp³-hybridized carbons (Fsp3) is 0.857. The standard InChI is InChI=1S/C14H24N2O2/c1-3-5-8-16-12(17)11-14(13(16)18)6-9-15(4-2)10-7-14/h3-11H2,1-2H3. The van der Waals surface area contributed by atoms with Gasteiger partial charge in [0.2, 0.25) is 11.8 Å². The molecule has 2 heterocycles. The number of carbonyl (C=O) groups is 2.